The fraction of sp³-hybridized carbons (Fsp3) is 0.385. The van der Waals surface area contributed by atoms with Crippen molar-refractivity contribution >= 4 is 5.91 Å². The fourth-order valence-corrected chi connectivity index (χ4v) is 5.33. The van der Waals surface area contributed by atoms with E-state index in [-0.39, 0.29) is 11.9 Å². The highest BCUT2D eigenvalue weighted by Gasteiger charge is 2.46. The van der Waals surface area contributed by atoms with E-state index in [1.54, 1.807) is 16.9 Å². The molecule has 3 atom stereocenters. The molecule has 2 heterocycles. The average Bonchev–Trinajstić information content (AvgIpc) is 3.44. The van der Waals surface area contributed by atoms with Gasteiger partial charge >= 0.3 is 0 Å². The van der Waals surface area contributed by atoms with Crippen molar-refractivity contribution < 1.29 is 4.79 Å². The van der Waals surface area contributed by atoms with Gasteiger partial charge in [0.15, 0.2) is 0 Å². The Morgan fingerprint density at radius 3 is 2.48 bits per heavy atom. The van der Waals surface area contributed by atoms with Gasteiger partial charge in [0.25, 0.3) is 5.91 Å². The molecule has 1 amide bonds. The van der Waals surface area contributed by atoms with E-state index < -0.39 is 0 Å². The zero-order valence-corrected chi connectivity index (χ0v) is 18.5. The third-order valence-electron chi connectivity index (χ3n) is 6.99. The average molecular weight is 415 g/mol. The highest BCUT2D eigenvalue weighted by atomic mass is 16.2. The van der Waals surface area contributed by atoms with Crippen LogP contribution in [0.3, 0.4) is 0 Å². The molecule has 2 aromatic carbocycles. The first-order chi connectivity index (χ1) is 15.0. The molecule has 5 nitrogen and oxygen atoms in total. The molecular formula is C26H30N4O. The van der Waals surface area contributed by atoms with Crippen LogP contribution in [-0.4, -0.2) is 33.7 Å². The summed E-state index contributed by atoms with van der Waals surface area (Å²) in [6.07, 6.45) is 1.67. The van der Waals surface area contributed by atoms with Gasteiger partial charge < -0.3 is 5.32 Å². The molecule has 0 saturated carbocycles. The van der Waals surface area contributed by atoms with E-state index in [9.17, 15) is 4.79 Å². The van der Waals surface area contributed by atoms with Gasteiger partial charge in [-0.1, -0.05) is 62.4 Å². The lowest BCUT2D eigenvalue weighted by Gasteiger charge is -2.23. The number of hydrogen-bond acceptors (Lipinski definition) is 3. The smallest absolute Gasteiger partial charge is 0.270 e. The second kappa shape index (κ2) is 7.97. The third-order valence-corrected chi connectivity index (χ3v) is 6.99. The van der Waals surface area contributed by atoms with Crippen LogP contribution >= 0.6 is 0 Å². The zero-order chi connectivity index (χ0) is 21.5. The minimum atomic E-state index is -0.0526. The molecular weight excluding hydrogens is 384 g/mol. The van der Waals surface area contributed by atoms with Crippen molar-refractivity contribution in [1.82, 2.24) is 20.0 Å². The van der Waals surface area contributed by atoms with E-state index in [2.05, 4.69) is 77.7 Å². The van der Waals surface area contributed by atoms with Gasteiger partial charge in [0.1, 0.15) is 5.69 Å². The highest BCUT2D eigenvalue weighted by molar-refractivity contribution is 5.92. The number of rotatable bonds is 5. The molecule has 160 valence electrons. The van der Waals surface area contributed by atoms with Crippen LogP contribution in [0.25, 0.3) is 0 Å². The quantitative estimate of drug-likeness (QED) is 0.679. The number of nitrogens with one attached hydrogen (secondary N) is 1. The van der Waals surface area contributed by atoms with Crippen molar-refractivity contribution in [2.75, 3.05) is 13.1 Å². The second-order valence-corrected chi connectivity index (χ2v) is 9.28. The molecule has 2 aliphatic rings. The predicted octanol–water partition coefficient (Wildman–Crippen LogP) is 4.24. The number of nitrogens with zero attached hydrogens (tertiary/aromatic N) is 3. The Labute approximate surface area is 184 Å². The van der Waals surface area contributed by atoms with Gasteiger partial charge in [0.2, 0.25) is 0 Å². The number of aromatic nitrogens is 2. The lowest BCUT2D eigenvalue weighted by Crippen LogP contribution is -2.34. The molecule has 1 aliphatic heterocycles. The van der Waals surface area contributed by atoms with E-state index in [4.69, 9.17) is 0 Å². The summed E-state index contributed by atoms with van der Waals surface area (Å²) in [6.45, 7) is 7.44. The van der Waals surface area contributed by atoms with Gasteiger partial charge in [0, 0.05) is 44.7 Å². The summed E-state index contributed by atoms with van der Waals surface area (Å²) >= 11 is 0. The molecule has 1 aliphatic carbocycles. The Morgan fingerprint density at radius 1 is 1.06 bits per heavy atom. The zero-order valence-electron chi connectivity index (χ0n) is 18.5. The molecule has 5 rings (SSSR count). The predicted molar refractivity (Wildman–Crippen MR) is 122 cm³/mol. The van der Waals surface area contributed by atoms with Crippen LogP contribution in [0.4, 0.5) is 0 Å². The van der Waals surface area contributed by atoms with E-state index in [0.29, 0.717) is 23.4 Å². The minimum absolute atomic E-state index is 0.0388. The van der Waals surface area contributed by atoms with E-state index in [1.807, 2.05) is 7.05 Å². The number of carbonyl (C=O) groups is 1. The largest absolute Gasteiger partial charge is 0.344 e. The van der Waals surface area contributed by atoms with Crippen LogP contribution in [0.1, 0.15) is 64.5 Å². The molecule has 3 aromatic rings. The summed E-state index contributed by atoms with van der Waals surface area (Å²) < 4.78 is 1.63. The van der Waals surface area contributed by atoms with Crippen molar-refractivity contribution in [2.45, 2.75) is 38.3 Å². The number of carbonyl (C=O) groups excluding carboxylic acids is 1. The van der Waals surface area contributed by atoms with E-state index in [1.165, 1.54) is 22.3 Å². The van der Waals surface area contributed by atoms with Crippen molar-refractivity contribution in [1.29, 1.82) is 0 Å². The van der Waals surface area contributed by atoms with Crippen molar-refractivity contribution in [3.8, 4) is 0 Å². The molecule has 0 bridgehead atoms. The molecule has 1 fully saturated rings. The van der Waals surface area contributed by atoms with Crippen molar-refractivity contribution in [3.63, 3.8) is 0 Å². The second-order valence-electron chi connectivity index (χ2n) is 9.28. The van der Waals surface area contributed by atoms with Crippen LogP contribution in [0.2, 0.25) is 0 Å². The van der Waals surface area contributed by atoms with Crippen molar-refractivity contribution in [2.24, 2.45) is 13.0 Å². The van der Waals surface area contributed by atoms with Crippen molar-refractivity contribution in [3.05, 3.63) is 88.7 Å². The highest BCUT2D eigenvalue weighted by Crippen LogP contribution is 2.49. The molecule has 0 unspecified atom stereocenters. The molecule has 31 heavy (non-hydrogen) atoms. The summed E-state index contributed by atoms with van der Waals surface area (Å²) in [5.41, 5.74) is 6.00. The molecule has 0 spiro atoms. The van der Waals surface area contributed by atoms with Crippen LogP contribution < -0.4 is 5.32 Å². The molecule has 0 radical (unpaired) electrons. The fourth-order valence-electron chi connectivity index (χ4n) is 5.33. The van der Waals surface area contributed by atoms with E-state index >= 15 is 0 Å². The Bertz CT molecular complexity index is 1080. The number of fused-ring (bicyclic) bond motifs is 3. The minimum Gasteiger partial charge on any atom is -0.344 e. The van der Waals surface area contributed by atoms with Crippen LogP contribution in [0, 0.1) is 5.92 Å². The maximum atomic E-state index is 13.0. The maximum Gasteiger partial charge on any atom is 0.270 e. The summed E-state index contributed by atoms with van der Waals surface area (Å²) in [7, 11) is 1.81. The molecule has 1 aromatic heterocycles. The Morgan fingerprint density at radius 2 is 1.81 bits per heavy atom. The first-order valence-corrected chi connectivity index (χ1v) is 11.2. The first-order valence-electron chi connectivity index (χ1n) is 11.2. The summed E-state index contributed by atoms with van der Waals surface area (Å²) in [5.74, 6) is 1.36. The van der Waals surface area contributed by atoms with Gasteiger partial charge in [0.05, 0.1) is 6.04 Å². The van der Waals surface area contributed by atoms with Gasteiger partial charge in [-0.25, -0.2) is 0 Å². The molecule has 1 saturated heterocycles. The normalized spacial score (nSPS) is 22.5. The topological polar surface area (TPSA) is 50.2 Å². The van der Waals surface area contributed by atoms with Gasteiger partial charge in [-0.15, -0.1) is 0 Å². The van der Waals surface area contributed by atoms with Gasteiger partial charge in [-0.3, -0.25) is 14.4 Å². The van der Waals surface area contributed by atoms with E-state index in [0.717, 1.165) is 19.6 Å². The maximum absolute atomic E-state index is 13.0. The lowest BCUT2D eigenvalue weighted by molar-refractivity contribution is 0.0914. The SMILES string of the molecule is CC(C)c1ccc(CN2C[C@@H]3[C@H](NC(=O)c4ccnn4C)c4ccccc4[C@@H]3C2)cc1. The number of benzene rings is 2. The summed E-state index contributed by atoms with van der Waals surface area (Å²) in [5, 5.41) is 7.47. The monoisotopic (exact) mass is 414 g/mol. The van der Waals surface area contributed by atoms with Gasteiger partial charge in [-0.05, 0) is 34.2 Å². The Kier molecular flexibility index (Phi) is 5.14. The summed E-state index contributed by atoms with van der Waals surface area (Å²) in [6, 6.07) is 19.5. The number of likely N-dealkylation sites (tertiary alicyclic amines) is 1. The number of hydrogen-bond donors (Lipinski definition) is 1. The molecule has 5 heteroatoms. The van der Waals surface area contributed by atoms with Crippen LogP contribution in [0.15, 0.2) is 60.8 Å². The number of amides is 1. The van der Waals surface area contributed by atoms with Crippen LogP contribution in [0.5, 0.6) is 0 Å². The lowest BCUT2D eigenvalue weighted by atomic mass is 9.94. The number of aryl methyl sites for hydroxylation is 1. The Balaban J connectivity index is 1.35. The Hall–Kier alpha value is -2.92. The van der Waals surface area contributed by atoms with Gasteiger partial charge in [-0.2, -0.15) is 5.10 Å². The first kappa shape index (κ1) is 20.0. The molecule has 1 N–H and O–H groups in total. The summed E-state index contributed by atoms with van der Waals surface area (Å²) in [4.78, 5) is 15.5. The standard InChI is InChI=1S/C26H30N4O/c1-17(2)19-10-8-18(9-11-19)14-30-15-22-20-6-4-5-7-21(20)25(23(22)16-30)28-26(31)24-12-13-27-29(24)3/h4-13,17,22-23,25H,14-16H2,1-3H3,(H,28,31)/t22-,23-,25+/m0/s1. The third kappa shape index (κ3) is 3.68. The van der Waals surface area contributed by atoms with Crippen LogP contribution in [-0.2, 0) is 13.6 Å².